The lowest BCUT2D eigenvalue weighted by Gasteiger charge is -2.44. The first-order chi connectivity index (χ1) is 16.6. The van der Waals surface area contributed by atoms with Crippen LogP contribution in [0.25, 0.3) is 0 Å². The van der Waals surface area contributed by atoms with Gasteiger partial charge in [-0.05, 0) is 0 Å². The minimum absolute atomic E-state index is 0.129. The van der Waals surface area contributed by atoms with E-state index < -0.39 is 23.8 Å². The average Bonchev–Trinajstić information content (AvgIpc) is 3.22. The SMILES string of the molecule is O=C(CNC(=O)C1CNCC2C(=O)OC(c3ccccc3)(c3ccccc3)N12)c1ccccc1. The highest BCUT2D eigenvalue weighted by molar-refractivity contribution is 6.00. The number of nitrogens with zero attached hydrogens (tertiary/aromatic N) is 1. The third kappa shape index (κ3) is 3.79. The van der Waals surface area contributed by atoms with Crippen LogP contribution in [0.5, 0.6) is 0 Å². The molecule has 2 N–H and O–H groups in total. The molecule has 0 aromatic heterocycles. The maximum Gasteiger partial charge on any atom is 0.327 e. The van der Waals surface area contributed by atoms with Crippen LogP contribution in [0.15, 0.2) is 91.0 Å². The molecule has 7 nitrogen and oxygen atoms in total. The number of ketones is 1. The summed E-state index contributed by atoms with van der Waals surface area (Å²) in [5, 5.41) is 5.97. The van der Waals surface area contributed by atoms with Gasteiger partial charge in [0.15, 0.2) is 5.78 Å². The van der Waals surface area contributed by atoms with Gasteiger partial charge in [0.1, 0.15) is 12.1 Å². The lowest BCUT2D eigenvalue weighted by molar-refractivity contribution is -0.153. The zero-order valence-corrected chi connectivity index (χ0v) is 18.5. The van der Waals surface area contributed by atoms with Gasteiger partial charge in [0.05, 0.1) is 6.54 Å². The van der Waals surface area contributed by atoms with Gasteiger partial charge in [0.2, 0.25) is 11.6 Å². The van der Waals surface area contributed by atoms with Crippen molar-refractivity contribution in [3.63, 3.8) is 0 Å². The Morgan fingerprint density at radius 1 is 0.882 bits per heavy atom. The third-order valence-electron chi connectivity index (χ3n) is 6.38. The number of rotatable bonds is 6. The summed E-state index contributed by atoms with van der Waals surface area (Å²) in [6, 6.07) is 26.4. The van der Waals surface area contributed by atoms with Crippen LogP contribution in [0.1, 0.15) is 21.5 Å². The predicted molar refractivity (Wildman–Crippen MR) is 126 cm³/mol. The van der Waals surface area contributed by atoms with Gasteiger partial charge in [-0.1, -0.05) is 91.0 Å². The minimum Gasteiger partial charge on any atom is -0.434 e. The van der Waals surface area contributed by atoms with Gasteiger partial charge >= 0.3 is 5.97 Å². The summed E-state index contributed by atoms with van der Waals surface area (Å²) >= 11 is 0. The van der Waals surface area contributed by atoms with Gasteiger partial charge < -0.3 is 15.4 Å². The molecule has 2 aliphatic rings. The molecule has 2 saturated heterocycles. The molecule has 2 aliphatic heterocycles. The molecule has 7 heteroatoms. The summed E-state index contributed by atoms with van der Waals surface area (Å²) in [5.41, 5.74) is 0.803. The molecule has 0 radical (unpaired) electrons. The quantitative estimate of drug-likeness (QED) is 0.437. The smallest absolute Gasteiger partial charge is 0.327 e. The molecule has 2 fully saturated rings. The number of amides is 1. The normalized spacial score (nSPS) is 21.4. The summed E-state index contributed by atoms with van der Waals surface area (Å²) in [6.07, 6.45) is 0. The molecule has 0 aliphatic carbocycles. The van der Waals surface area contributed by atoms with E-state index in [1.165, 1.54) is 0 Å². The topological polar surface area (TPSA) is 87.7 Å². The number of fused-ring (bicyclic) bond motifs is 1. The summed E-state index contributed by atoms with van der Waals surface area (Å²) in [5.74, 6) is -0.908. The van der Waals surface area contributed by atoms with Crippen molar-refractivity contribution in [1.29, 1.82) is 0 Å². The first-order valence-electron chi connectivity index (χ1n) is 11.3. The maximum atomic E-state index is 13.4. The number of cyclic esters (lactones) is 1. The Bertz CT molecular complexity index is 1140. The Kier molecular flexibility index (Phi) is 5.96. The number of Topliss-reactive ketones (excluding diaryl/α,β-unsaturated/α-hetero) is 1. The number of nitrogens with one attached hydrogen (secondary N) is 2. The van der Waals surface area contributed by atoms with E-state index in [-0.39, 0.29) is 18.2 Å². The molecule has 2 heterocycles. The van der Waals surface area contributed by atoms with Gasteiger partial charge in [0.25, 0.3) is 0 Å². The summed E-state index contributed by atoms with van der Waals surface area (Å²) in [7, 11) is 0. The van der Waals surface area contributed by atoms with Crippen LogP contribution in [0.2, 0.25) is 0 Å². The molecule has 1 amide bonds. The third-order valence-corrected chi connectivity index (χ3v) is 6.38. The van der Waals surface area contributed by atoms with Crippen LogP contribution in [-0.4, -0.2) is 54.3 Å². The second-order valence-electron chi connectivity index (χ2n) is 8.40. The first kappa shape index (κ1) is 22.0. The van der Waals surface area contributed by atoms with Crippen molar-refractivity contribution in [3.8, 4) is 0 Å². The number of piperazine rings is 1. The van der Waals surface area contributed by atoms with Crippen molar-refractivity contribution in [2.45, 2.75) is 17.8 Å². The van der Waals surface area contributed by atoms with Gasteiger partial charge in [-0.25, -0.2) is 4.90 Å². The molecule has 172 valence electrons. The Balaban J connectivity index is 1.50. The molecule has 5 rings (SSSR count). The summed E-state index contributed by atoms with van der Waals surface area (Å²) in [6.45, 7) is 0.559. The molecule has 34 heavy (non-hydrogen) atoms. The monoisotopic (exact) mass is 455 g/mol. The molecular formula is C27H25N3O4. The van der Waals surface area contributed by atoms with E-state index in [0.717, 1.165) is 11.1 Å². The van der Waals surface area contributed by atoms with Crippen LogP contribution in [-0.2, 0) is 20.1 Å². The summed E-state index contributed by atoms with van der Waals surface area (Å²) in [4.78, 5) is 40.9. The Morgan fingerprint density at radius 2 is 1.44 bits per heavy atom. The Morgan fingerprint density at radius 3 is 2.03 bits per heavy atom. The standard InChI is InChI=1S/C27H25N3O4/c31-24(19-10-4-1-5-11-19)18-29-25(32)22-16-28-17-23-26(33)34-27(30(22)23,20-12-6-2-7-13-20)21-14-8-3-9-15-21/h1-15,22-23,28H,16-18H2,(H,29,32). The number of esters is 1. The van der Waals surface area contributed by atoms with Crippen molar-refractivity contribution in [2.24, 2.45) is 0 Å². The lowest BCUT2D eigenvalue weighted by Crippen LogP contribution is -2.66. The Labute approximate surface area is 197 Å². The second kappa shape index (κ2) is 9.21. The van der Waals surface area contributed by atoms with E-state index in [2.05, 4.69) is 10.6 Å². The minimum atomic E-state index is -1.25. The molecule has 3 aromatic rings. The second-order valence-corrected chi connectivity index (χ2v) is 8.40. The number of benzene rings is 3. The fourth-order valence-electron chi connectivity index (χ4n) is 4.81. The molecule has 0 spiro atoms. The number of hydrogen-bond acceptors (Lipinski definition) is 6. The van der Waals surface area contributed by atoms with Crippen molar-refractivity contribution in [2.75, 3.05) is 19.6 Å². The van der Waals surface area contributed by atoms with Crippen LogP contribution in [0.3, 0.4) is 0 Å². The van der Waals surface area contributed by atoms with Crippen LogP contribution in [0.4, 0.5) is 0 Å². The zero-order chi connectivity index (χ0) is 23.5. The van der Waals surface area contributed by atoms with Crippen molar-refractivity contribution in [3.05, 3.63) is 108 Å². The number of hydrogen-bond donors (Lipinski definition) is 2. The van der Waals surface area contributed by atoms with Gasteiger partial charge in [0, 0.05) is 29.8 Å². The van der Waals surface area contributed by atoms with Crippen LogP contribution in [0, 0.1) is 0 Å². The highest BCUT2D eigenvalue weighted by Crippen LogP contribution is 2.45. The molecule has 0 bridgehead atoms. The van der Waals surface area contributed by atoms with Gasteiger partial charge in [-0.3, -0.25) is 14.4 Å². The lowest BCUT2D eigenvalue weighted by atomic mass is 9.90. The van der Waals surface area contributed by atoms with Crippen molar-refractivity contribution < 1.29 is 19.1 Å². The molecular weight excluding hydrogens is 430 g/mol. The molecule has 0 saturated carbocycles. The molecule has 2 atom stereocenters. The number of carbonyl (C=O) groups excluding carboxylic acids is 3. The van der Waals surface area contributed by atoms with E-state index in [1.807, 2.05) is 71.6 Å². The van der Waals surface area contributed by atoms with E-state index >= 15 is 0 Å². The first-order valence-corrected chi connectivity index (χ1v) is 11.3. The average molecular weight is 456 g/mol. The van der Waals surface area contributed by atoms with Crippen molar-refractivity contribution in [1.82, 2.24) is 15.5 Å². The van der Waals surface area contributed by atoms with Crippen LogP contribution >= 0.6 is 0 Å². The fraction of sp³-hybridized carbons (Fsp3) is 0.222. The largest absolute Gasteiger partial charge is 0.434 e. The number of carbonyl (C=O) groups is 3. The highest BCUT2D eigenvalue weighted by Gasteiger charge is 2.60. The van der Waals surface area contributed by atoms with Crippen molar-refractivity contribution >= 4 is 17.7 Å². The maximum absolute atomic E-state index is 13.4. The Hall–Kier alpha value is -3.81. The van der Waals surface area contributed by atoms with Crippen LogP contribution < -0.4 is 10.6 Å². The highest BCUT2D eigenvalue weighted by atomic mass is 16.6. The van der Waals surface area contributed by atoms with Gasteiger partial charge in [-0.2, -0.15) is 0 Å². The zero-order valence-electron chi connectivity index (χ0n) is 18.5. The van der Waals surface area contributed by atoms with E-state index in [4.69, 9.17) is 4.74 Å². The molecule has 2 unspecified atom stereocenters. The van der Waals surface area contributed by atoms with E-state index in [9.17, 15) is 14.4 Å². The predicted octanol–water partition coefficient (Wildman–Crippen LogP) is 2.09. The number of ether oxygens (including phenoxy) is 1. The van der Waals surface area contributed by atoms with Gasteiger partial charge in [-0.15, -0.1) is 0 Å². The fourth-order valence-corrected chi connectivity index (χ4v) is 4.81. The molecule has 3 aromatic carbocycles. The van der Waals surface area contributed by atoms with E-state index in [1.54, 1.807) is 24.3 Å². The summed E-state index contributed by atoms with van der Waals surface area (Å²) < 4.78 is 6.14. The van der Waals surface area contributed by atoms with E-state index in [0.29, 0.717) is 18.7 Å².